The van der Waals surface area contributed by atoms with E-state index in [4.69, 9.17) is 0 Å². The van der Waals surface area contributed by atoms with E-state index in [1.807, 2.05) is 0 Å². The number of carbonyl (C=O) groups is 2. The van der Waals surface area contributed by atoms with Crippen LogP contribution in [0.1, 0.15) is 23.2 Å². The van der Waals surface area contributed by atoms with Crippen molar-refractivity contribution in [2.24, 2.45) is 5.92 Å². The van der Waals surface area contributed by atoms with E-state index >= 15 is 0 Å². The maximum atomic E-state index is 12.2. The molecule has 2 fully saturated rings. The zero-order chi connectivity index (χ0) is 16.2. The summed E-state index contributed by atoms with van der Waals surface area (Å²) in [6.45, 7) is 1.69. The summed E-state index contributed by atoms with van der Waals surface area (Å²) in [7, 11) is 0. The third-order valence-electron chi connectivity index (χ3n) is 4.12. The van der Waals surface area contributed by atoms with E-state index in [9.17, 15) is 14.7 Å². The lowest BCUT2D eigenvalue weighted by molar-refractivity contribution is 0.0927. The molecule has 2 atom stereocenters. The van der Waals surface area contributed by atoms with Gasteiger partial charge in [-0.15, -0.1) is 12.4 Å². The number of aliphatic hydroxyl groups is 1. The van der Waals surface area contributed by atoms with Crippen LogP contribution in [0.25, 0.3) is 0 Å². The Balaban J connectivity index is 0.00000208. The Labute approximate surface area is 147 Å². The maximum Gasteiger partial charge on any atom is 0.319 e. The molecule has 1 saturated heterocycles. The Morgan fingerprint density at radius 2 is 2.04 bits per heavy atom. The third-order valence-corrected chi connectivity index (χ3v) is 4.12. The van der Waals surface area contributed by atoms with Gasteiger partial charge >= 0.3 is 6.03 Å². The Kier molecular flexibility index (Phi) is 6.42. The third kappa shape index (κ3) is 5.09. The van der Waals surface area contributed by atoms with E-state index in [1.165, 1.54) is 0 Å². The molecular formula is C16H23ClN4O3. The Morgan fingerprint density at radius 1 is 1.25 bits per heavy atom. The van der Waals surface area contributed by atoms with Crippen LogP contribution in [-0.4, -0.2) is 48.8 Å². The molecule has 1 aromatic rings. The predicted octanol–water partition coefficient (Wildman–Crippen LogP) is 0.702. The minimum atomic E-state index is -0.422. The van der Waals surface area contributed by atoms with Crippen molar-refractivity contribution >= 4 is 30.0 Å². The summed E-state index contributed by atoms with van der Waals surface area (Å²) >= 11 is 0. The second-order valence-corrected chi connectivity index (χ2v) is 6.15. The van der Waals surface area contributed by atoms with Crippen molar-refractivity contribution in [1.82, 2.24) is 16.0 Å². The molecule has 8 heteroatoms. The highest BCUT2D eigenvalue weighted by atomic mass is 35.5. The molecular weight excluding hydrogens is 332 g/mol. The molecule has 3 rings (SSSR count). The van der Waals surface area contributed by atoms with Crippen LogP contribution >= 0.6 is 12.4 Å². The summed E-state index contributed by atoms with van der Waals surface area (Å²) < 4.78 is 0. The number of urea groups is 1. The normalized spacial score (nSPS) is 22.4. The monoisotopic (exact) mass is 354 g/mol. The summed E-state index contributed by atoms with van der Waals surface area (Å²) in [5, 5.41) is 21.2. The van der Waals surface area contributed by atoms with Gasteiger partial charge in [0.25, 0.3) is 5.91 Å². The van der Waals surface area contributed by atoms with Crippen LogP contribution < -0.4 is 21.3 Å². The molecule has 1 aliphatic heterocycles. The summed E-state index contributed by atoms with van der Waals surface area (Å²) in [6, 6.07) is 6.85. The van der Waals surface area contributed by atoms with Crippen molar-refractivity contribution in [3.63, 3.8) is 0 Å². The first-order chi connectivity index (χ1) is 11.1. The van der Waals surface area contributed by atoms with Gasteiger partial charge in [-0.1, -0.05) is 6.07 Å². The van der Waals surface area contributed by atoms with Crippen LogP contribution in [0.4, 0.5) is 10.5 Å². The number of halogens is 1. The average Bonchev–Trinajstić information content (AvgIpc) is 3.24. The first-order valence-electron chi connectivity index (χ1n) is 7.96. The second-order valence-electron chi connectivity index (χ2n) is 6.15. The number of hydrogen-bond acceptors (Lipinski definition) is 4. The molecule has 0 bridgehead atoms. The molecule has 0 spiro atoms. The van der Waals surface area contributed by atoms with Gasteiger partial charge < -0.3 is 26.4 Å². The number of carbonyl (C=O) groups excluding carboxylic acids is 2. The summed E-state index contributed by atoms with van der Waals surface area (Å²) in [6.07, 6.45) is 1.63. The lowest BCUT2D eigenvalue weighted by Crippen LogP contribution is -2.34. The van der Waals surface area contributed by atoms with Gasteiger partial charge in [-0.25, -0.2) is 4.79 Å². The molecule has 1 heterocycles. The Morgan fingerprint density at radius 3 is 2.71 bits per heavy atom. The van der Waals surface area contributed by atoms with Gasteiger partial charge in [-0.3, -0.25) is 4.79 Å². The zero-order valence-corrected chi connectivity index (χ0v) is 14.1. The fourth-order valence-electron chi connectivity index (χ4n) is 2.57. The van der Waals surface area contributed by atoms with Gasteiger partial charge in [0.15, 0.2) is 0 Å². The molecule has 5 N–H and O–H groups in total. The van der Waals surface area contributed by atoms with Crippen molar-refractivity contribution in [3.8, 4) is 0 Å². The minimum Gasteiger partial charge on any atom is -0.391 e. The maximum absolute atomic E-state index is 12.2. The number of amides is 3. The smallest absolute Gasteiger partial charge is 0.319 e. The molecule has 2 aliphatic rings. The van der Waals surface area contributed by atoms with E-state index in [-0.39, 0.29) is 36.3 Å². The molecule has 2 unspecified atom stereocenters. The van der Waals surface area contributed by atoms with E-state index in [0.29, 0.717) is 30.9 Å². The van der Waals surface area contributed by atoms with Gasteiger partial charge in [0.1, 0.15) is 0 Å². The number of β-amino-alcohol motifs (C(OH)–C–C–N with tert-alkyl or cyclic N) is 1. The quantitative estimate of drug-likeness (QED) is 0.537. The van der Waals surface area contributed by atoms with Crippen LogP contribution in [0.3, 0.4) is 0 Å². The fraction of sp³-hybridized carbons (Fsp3) is 0.500. The lowest BCUT2D eigenvalue weighted by atomic mass is 10.1. The van der Waals surface area contributed by atoms with Gasteiger partial charge in [0.05, 0.1) is 6.10 Å². The number of aliphatic hydroxyl groups excluding tert-OH is 1. The van der Waals surface area contributed by atoms with Crippen molar-refractivity contribution in [2.75, 3.05) is 25.0 Å². The van der Waals surface area contributed by atoms with Crippen molar-refractivity contribution in [2.45, 2.75) is 25.0 Å². The molecule has 0 aromatic heterocycles. The second kappa shape index (κ2) is 8.32. The molecule has 132 valence electrons. The van der Waals surface area contributed by atoms with E-state index in [1.54, 1.807) is 24.3 Å². The predicted molar refractivity (Wildman–Crippen MR) is 93.6 cm³/mol. The molecule has 1 aromatic carbocycles. The first kappa shape index (κ1) is 18.5. The Bertz CT molecular complexity index is 594. The number of rotatable bonds is 5. The molecule has 0 radical (unpaired) electrons. The van der Waals surface area contributed by atoms with Gasteiger partial charge in [0.2, 0.25) is 0 Å². The Hall–Kier alpha value is -1.83. The van der Waals surface area contributed by atoms with E-state index in [0.717, 1.165) is 12.8 Å². The van der Waals surface area contributed by atoms with Crippen LogP contribution in [-0.2, 0) is 0 Å². The van der Waals surface area contributed by atoms with Crippen LogP contribution in [0, 0.1) is 5.92 Å². The van der Waals surface area contributed by atoms with Crippen LogP contribution in [0.5, 0.6) is 0 Å². The fourth-order valence-corrected chi connectivity index (χ4v) is 2.57. The highest BCUT2D eigenvalue weighted by Crippen LogP contribution is 2.19. The van der Waals surface area contributed by atoms with E-state index < -0.39 is 6.10 Å². The highest BCUT2D eigenvalue weighted by molar-refractivity contribution is 5.96. The standard InChI is InChI=1S/C16H22N4O3.ClH/c21-14-9-17-7-11(14)8-18-15(22)10-2-1-3-13(6-10)20-16(23)19-12-4-5-12;/h1-3,6,11-12,14,17,21H,4-5,7-9H2,(H,18,22)(H2,19,20,23);1H. The van der Waals surface area contributed by atoms with Gasteiger partial charge in [-0.05, 0) is 31.0 Å². The lowest BCUT2D eigenvalue weighted by Gasteiger charge is -2.14. The molecule has 1 saturated carbocycles. The van der Waals surface area contributed by atoms with Crippen molar-refractivity contribution < 1.29 is 14.7 Å². The first-order valence-corrected chi connectivity index (χ1v) is 7.96. The number of hydrogen-bond donors (Lipinski definition) is 5. The van der Waals surface area contributed by atoms with E-state index in [2.05, 4.69) is 21.3 Å². The molecule has 7 nitrogen and oxygen atoms in total. The van der Waals surface area contributed by atoms with Crippen LogP contribution in [0.15, 0.2) is 24.3 Å². The van der Waals surface area contributed by atoms with Gasteiger partial charge in [-0.2, -0.15) is 0 Å². The van der Waals surface area contributed by atoms with Crippen LogP contribution in [0.2, 0.25) is 0 Å². The van der Waals surface area contributed by atoms with Gasteiger partial charge in [0, 0.05) is 42.8 Å². The topological polar surface area (TPSA) is 102 Å². The number of nitrogens with one attached hydrogen (secondary N) is 4. The number of anilines is 1. The average molecular weight is 355 g/mol. The summed E-state index contributed by atoms with van der Waals surface area (Å²) in [4.78, 5) is 23.9. The SMILES string of the molecule is Cl.O=C(Nc1cccc(C(=O)NCC2CNCC2O)c1)NC1CC1. The molecule has 24 heavy (non-hydrogen) atoms. The summed E-state index contributed by atoms with van der Waals surface area (Å²) in [5.41, 5.74) is 1.06. The molecule has 1 aliphatic carbocycles. The number of benzene rings is 1. The molecule has 3 amide bonds. The zero-order valence-electron chi connectivity index (χ0n) is 13.2. The van der Waals surface area contributed by atoms with Crippen molar-refractivity contribution in [3.05, 3.63) is 29.8 Å². The minimum absolute atomic E-state index is 0. The summed E-state index contributed by atoms with van der Waals surface area (Å²) in [5.74, 6) is -0.181. The van der Waals surface area contributed by atoms with Crippen molar-refractivity contribution in [1.29, 1.82) is 0 Å². The highest BCUT2D eigenvalue weighted by Gasteiger charge is 2.25. The largest absolute Gasteiger partial charge is 0.391 e.